The Hall–Kier alpha value is -1.66. The number of likely N-dealkylation sites (tertiary alicyclic amines) is 1. The Labute approximate surface area is 136 Å². The first-order chi connectivity index (χ1) is 11.2. The van der Waals surface area contributed by atoms with Crippen LogP contribution in [0.3, 0.4) is 0 Å². The number of rotatable bonds is 4. The van der Waals surface area contributed by atoms with Crippen molar-refractivity contribution in [1.82, 2.24) is 20.1 Å². The lowest BCUT2D eigenvalue weighted by molar-refractivity contribution is -0.0132. The van der Waals surface area contributed by atoms with Crippen LogP contribution in [0.15, 0.2) is 16.5 Å². The number of fused-ring (bicyclic) bond motifs is 1. The standard InChI is InChI=1S/C17H24N4O2/c1-3-13-4-5-14(22-13)9-21-7-6-12-8-15(23-16(12)10-21)17-18-11(2)19-20-17/h4-5,12,15-16H,3,6-10H2,1-2H3,(H,18,19,20)/t12-,15+,16+/m1/s1. The minimum atomic E-state index is 0.0465. The molecular formula is C17H24N4O2. The number of piperidine rings is 1. The van der Waals surface area contributed by atoms with Gasteiger partial charge in [-0.2, -0.15) is 5.10 Å². The van der Waals surface area contributed by atoms with Crippen molar-refractivity contribution in [2.45, 2.75) is 51.9 Å². The van der Waals surface area contributed by atoms with Gasteiger partial charge in [-0.15, -0.1) is 0 Å². The second kappa shape index (κ2) is 6.09. The molecule has 2 aromatic rings. The van der Waals surface area contributed by atoms with Gasteiger partial charge < -0.3 is 9.15 Å². The molecule has 23 heavy (non-hydrogen) atoms. The number of aromatic amines is 1. The summed E-state index contributed by atoms with van der Waals surface area (Å²) in [7, 11) is 0. The summed E-state index contributed by atoms with van der Waals surface area (Å²) in [5.41, 5.74) is 0. The van der Waals surface area contributed by atoms with Gasteiger partial charge in [0, 0.05) is 13.0 Å². The Morgan fingerprint density at radius 2 is 2.22 bits per heavy atom. The molecule has 0 radical (unpaired) electrons. The predicted octanol–water partition coefficient (Wildman–Crippen LogP) is 2.62. The average molecular weight is 316 g/mol. The lowest BCUT2D eigenvalue weighted by atomic mass is 9.91. The highest BCUT2D eigenvalue weighted by atomic mass is 16.5. The number of nitrogens with one attached hydrogen (secondary N) is 1. The van der Waals surface area contributed by atoms with E-state index in [-0.39, 0.29) is 12.2 Å². The molecule has 124 valence electrons. The average Bonchev–Trinajstić information content (AvgIpc) is 3.25. The topological polar surface area (TPSA) is 67.2 Å². The highest BCUT2D eigenvalue weighted by Crippen LogP contribution is 2.40. The van der Waals surface area contributed by atoms with Crippen LogP contribution in [0.4, 0.5) is 0 Å². The van der Waals surface area contributed by atoms with Gasteiger partial charge in [0.2, 0.25) is 0 Å². The fraction of sp³-hybridized carbons (Fsp3) is 0.647. The molecule has 2 aliphatic heterocycles. The van der Waals surface area contributed by atoms with Crippen LogP contribution in [0.1, 0.15) is 49.0 Å². The number of aryl methyl sites for hydroxylation is 2. The molecule has 2 saturated heterocycles. The van der Waals surface area contributed by atoms with E-state index in [4.69, 9.17) is 9.15 Å². The minimum absolute atomic E-state index is 0.0465. The van der Waals surface area contributed by atoms with Crippen molar-refractivity contribution in [2.75, 3.05) is 13.1 Å². The third-order valence-electron chi connectivity index (χ3n) is 4.98. The zero-order chi connectivity index (χ0) is 15.8. The fourth-order valence-electron chi connectivity index (χ4n) is 3.73. The molecule has 0 aliphatic carbocycles. The van der Waals surface area contributed by atoms with Crippen molar-refractivity contribution >= 4 is 0 Å². The molecular weight excluding hydrogens is 292 g/mol. The molecule has 0 bridgehead atoms. The van der Waals surface area contributed by atoms with Crippen molar-refractivity contribution in [1.29, 1.82) is 0 Å². The summed E-state index contributed by atoms with van der Waals surface area (Å²) < 4.78 is 12.1. The monoisotopic (exact) mass is 316 g/mol. The third kappa shape index (κ3) is 3.05. The van der Waals surface area contributed by atoms with Crippen LogP contribution in [0.25, 0.3) is 0 Å². The summed E-state index contributed by atoms with van der Waals surface area (Å²) in [4.78, 5) is 6.86. The van der Waals surface area contributed by atoms with Crippen LogP contribution in [0, 0.1) is 12.8 Å². The highest BCUT2D eigenvalue weighted by Gasteiger charge is 2.41. The zero-order valence-corrected chi connectivity index (χ0v) is 13.8. The number of hydrogen-bond acceptors (Lipinski definition) is 5. The summed E-state index contributed by atoms with van der Waals surface area (Å²) in [6.45, 7) is 6.98. The maximum absolute atomic E-state index is 6.24. The van der Waals surface area contributed by atoms with E-state index in [0.29, 0.717) is 5.92 Å². The van der Waals surface area contributed by atoms with Crippen LogP contribution in [0.2, 0.25) is 0 Å². The molecule has 2 fully saturated rings. The van der Waals surface area contributed by atoms with Gasteiger partial charge in [0.25, 0.3) is 0 Å². The van der Waals surface area contributed by atoms with Crippen molar-refractivity contribution in [3.05, 3.63) is 35.3 Å². The van der Waals surface area contributed by atoms with Crippen LogP contribution in [-0.4, -0.2) is 39.3 Å². The number of nitrogens with zero attached hydrogens (tertiary/aromatic N) is 3. The summed E-state index contributed by atoms with van der Waals surface area (Å²) >= 11 is 0. The molecule has 3 atom stereocenters. The molecule has 0 saturated carbocycles. The van der Waals surface area contributed by atoms with E-state index in [1.165, 1.54) is 6.42 Å². The second-order valence-electron chi connectivity index (χ2n) is 6.68. The minimum Gasteiger partial charge on any atom is -0.465 e. The van der Waals surface area contributed by atoms with E-state index in [2.05, 4.69) is 39.1 Å². The number of H-pyrrole nitrogens is 1. The normalized spacial score (nSPS) is 28.2. The van der Waals surface area contributed by atoms with E-state index >= 15 is 0 Å². The predicted molar refractivity (Wildman–Crippen MR) is 84.8 cm³/mol. The smallest absolute Gasteiger partial charge is 0.179 e. The Kier molecular flexibility index (Phi) is 3.95. The first-order valence-electron chi connectivity index (χ1n) is 8.55. The molecule has 6 nitrogen and oxygen atoms in total. The first-order valence-corrected chi connectivity index (χ1v) is 8.55. The summed E-state index contributed by atoms with van der Waals surface area (Å²) in [5, 5.41) is 7.18. The van der Waals surface area contributed by atoms with Crippen molar-refractivity contribution in [2.24, 2.45) is 5.92 Å². The Bertz CT molecular complexity index is 665. The molecule has 1 N–H and O–H groups in total. The molecule has 0 unspecified atom stereocenters. The van der Waals surface area contributed by atoms with Crippen molar-refractivity contribution in [3.8, 4) is 0 Å². The SMILES string of the molecule is CCc1ccc(CN2CC[C@@H]3C[C@@H](c4n[nH]c(C)n4)O[C@H]3C2)o1. The van der Waals surface area contributed by atoms with Gasteiger partial charge in [-0.05, 0) is 44.4 Å². The number of ether oxygens (including phenoxy) is 1. The van der Waals surface area contributed by atoms with Crippen LogP contribution in [0.5, 0.6) is 0 Å². The maximum Gasteiger partial charge on any atom is 0.179 e. The zero-order valence-electron chi connectivity index (χ0n) is 13.8. The molecule has 4 rings (SSSR count). The Balaban J connectivity index is 1.37. The lowest BCUT2D eigenvalue weighted by Gasteiger charge is -2.33. The first kappa shape index (κ1) is 14.9. The van der Waals surface area contributed by atoms with Gasteiger partial charge in [0.1, 0.15) is 23.4 Å². The summed E-state index contributed by atoms with van der Waals surface area (Å²) in [6.07, 6.45) is 3.49. The molecule has 6 heteroatoms. The lowest BCUT2D eigenvalue weighted by Crippen LogP contribution is -2.41. The number of furan rings is 1. The molecule has 0 amide bonds. The summed E-state index contributed by atoms with van der Waals surface area (Å²) in [5.74, 6) is 4.40. The third-order valence-corrected chi connectivity index (χ3v) is 4.98. The van der Waals surface area contributed by atoms with Crippen molar-refractivity contribution in [3.63, 3.8) is 0 Å². The largest absolute Gasteiger partial charge is 0.465 e. The van der Waals surface area contributed by atoms with Crippen LogP contribution >= 0.6 is 0 Å². The van der Waals surface area contributed by atoms with Crippen molar-refractivity contribution < 1.29 is 9.15 Å². The highest BCUT2D eigenvalue weighted by molar-refractivity contribution is 5.07. The van der Waals surface area contributed by atoms with E-state index < -0.39 is 0 Å². The second-order valence-corrected chi connectivity index (χ2v) is 6.68. The van der Waals surface area contributed by atoms with Gasteiger partial charge in [0.15, 0.2) is 5.82 Å². The van der Waals surface area contributed by atoms with E-state index in [1.54, 1.807) is 0 Å². The van der Waals surface area contributed by atoms with E-state index in [0.717, 1.165) is 55.6 Å². The summed E-state index contributed by atoms with van der Waals surface area (Å²) in [6, 6.07) is 4.18. The molecule has 2 aliphatic rings. The Morgan fingerprint density at radius 3 is 2.96 bits per heavy atom. The number of hydrogen-bond donors (Lipinski definition) is 1. The van der Waals surface area contributed by atoms with Crippen LogP contribution in [-0.2, 0) is 17.7 Å². The van der Waals surface area contributed by atoms with Gasteiger partial charge in [-0.25, -0.2) is 4.98 Å². The molecule has 0 spiro atoms. The van der Waals surface area contributed by atoms with Gasteiger partial charge >= 0.3 is 0 Å². The maximum atomic E-state index is 6.24. The van der Waals surface area contributed by atoms with Gasteiger partial charge in [-0.1, -0.05) is 6.92 Å². The van der Waals surface area contributed by atoms with Gasteiger partial charge in [0.05, 0.1) is 12.6 Å². The molecule has 0 aromatic carbocycles. The number of aromatic nitrogens is 3. The molecule has 4 heterocycles. The van der Waals surface area contributed by atoms with E-state index in [1.807, 2.05) is 6.92 Å². The quantitative estimate of drug-likeness (QED) is 0.939. The van der Waals surface area contributed by atoms with Gasteiger partial charge in [-0.3, -0.25) is 10.00 Å². The van der Waals surface area contributed by atoms with Crippen LogP contribution < -0.4 is 0 Å². The molecule has 2 aromatic heterocycles. The van der Waals surface area contributed by atoms with E-state index in [9.17, 15) is 0 Å². The Morgan fingerprint density at radius 1 is 1.35 bits per heavy atom. The fourth-order valence-corrected chi connectivity index (χ4v) is 3.73.